The summed E-state index contributed by atoms with van der Waals surface area (Å²) in [4.78, 5) is 16.9. The average Bonchev–Trinajstić information content (AvgIpc) is 3.24. The molecule has 1 amide bonds. The summed E-state index contributed by atoms with van der Waals surface area (Å²) < 4.78 is 29.8. The lowest BCUT2D eigenvalue weighted by atomic mass is 10.1. The number of pyridine rings is 1. The molecule has 0 spiro atoms. The van der Waals surface area contributed by atoms with Crippen molar-refractivity contribution in [3.8, 4) is 0 Å². The molecule has 4 rings (SSSR count). The summed E-state index contributed by atoms with van der Waals surface area (Å²) in [7, 11) is -3.78. The molecule has 2 heterocycles. The molecule has 2 aromatic carbocycles. The number of benzene rings is 2. The number of rotatable bonds is 7. The highest BCUT2D eigenvalue weighted by atomic mass is 32.2. The number of carbonyl (C=O) groups is 1. The van der Waals surface area contributed by atoms with Crippen LogP contribution in [-0.2, 0) is 16.6 Å². The highest BCUT2D eigenvalue weighted by Crippen LogP contribution is 2.22. The van der Waals surface area contributed by atoms with E-state index in [1.54, 1.807) is 35.3 Å². The molecule has 0 aliphatic heterocycles. The number of carbonyl (C=O) groups excluding carboxylic acids is 1. The smallest absolute Gasteiger partial charge is 0.261 e. The lowest BCUT2D eigenvalue weighted by molar-refractivity contribution is 0.102. The third-order valence-electron chi connectivity index (χ3n) is 5.21. The number of aromatic nitrogens is 3. The summed E-state index contributed by atoms with van der Waals surface area (Å²) in [5.41, 5.74) is 3.55. The lowest BCUT2D eigenvalue weighted by Gasteiger charge is -2.12. The van der Waals surface area contributed by atoms with Gasteiger partial charge < -0.3 is 5.32 Å². The van der Waals surface area contributed by atoms with Crippen LogP contribution in [0.4, 0.5) is 11.5 Å². The van der Waals surface area contributed by atoms with Gasteiger partial charge in [0.1, 0.15) is 0 Å². The molecular weight excluding hydrogens is 438 g/mol. The van der Waals surface area contributed by atoms with Crippen molar-refractivity contribution in [1.29, 1.82) is 0 Å². The first-order chi connectivity index (χ1) is 15.8. The Labute approximate surface area is 192 Å². The van der Waals surface area contributed by atoms with Crippen molar-refractivity contribution in [1.82, 2.24) is 14.8 Å². The number of sulfonamides is 1. The minimum atomic E-state index is -3.78. The van der Waals surface area contributed by atoms with Crippen molar-refractivity contribution in [2.75, 3.05) is 10.0 Å². The van der Waals surface area contributed by atoms with E-state index in [-0.39, 0.29) is 10.8 Å². The Morgan fingerprint density at radius 3 is 2.48 bits per heavy atom. The van der Waals surface area contributed by atoms with E-state index in [1.165, 1.54) is 24.3 Å². The fourth-order valence-electron chi connectivity index (χ4n) is 3.21. The first-order valence-corrected chi connectivity index (χ1v) is 11.7. The van der Waals surface area contributed by atoms with E-state index in [0.29, 0.717) is 23.6 Å². The second-order valence-electron chi connectivity index (χ2n) is 7.55. The van der Waals surface area contributed by atoms with Crippen molar-refractivity contribution >= 4 is 27.4 Å². The standard InChI is InChI=1S/C24H23N5O3S/c1-17-6-5-8-22(18(17)2)28-33(31,32)21-11-9-19(10-12-21)24(30)26-23-13-15-29(27-23)16-20-7-3-4-14-25-20/h3-15,28H,16H2,1-2H3,(H,26,27,30). The zero-order valence-corrected chi connectivity index (χ0v) is 19.0. The van der Waals surface area contributed by atoms with Crippen LogP contribution in [0.15, 0.2) is 84.0 Å². The number of aryl methyl sites for hydroxylation is 1. The Hall–Kier alpha value is -3.98. The van der Waals surface area contributed by atoms with Crippen LogP contribution >= 0.6 is 0 Å². The summed E-state index contributed by atoms with van der Waals surface area (Å²) in [6.45, 7) is 4.26. The number of hydrogen-bond donors (Lipinski definition) is 2. The van der Waals surface area contributed by atoms with Crippen LogP contribution in [0.25, 0.3) is 0 Å². The van der Waals surface area contributed by atoms with Gasteiger partial charge in [-0.05, 0) is 67.4 Å². The fourth-order valence-corrected chi connectivity index (χ4v) is 4.34. The van der Waals surface area contributed by atoms with Crippen LogP contribution in [0.1, 0.15) is 27.2 Å². The third-order valence-corrected chi connectivity index (χ3v) is 6.59. The molecule has 2 aromatic heterocycles. The Bertz CT molecular complexity index is 1380. The van der Waals surface area contributed by atoms with Gasteiger partial charge in [0, 0.05) is 24.0 Å². The molecule has 0 saturated heterocycles. The zero-order valence-electron chi connectivity index (χ0n) is 18.2. The first-order valence-electron chi connectivity index (χ1n) is 10.3. The van der Waals surface area contributed by atoms with Crippen LogP contribution in [0.2, 0.25) is 0 Å². The third kappa shape index (κ3) is 5.27. The average molecular weight is 462 g/mol. The minimum Gasteiger partial charge on any atom is -0.305 e. The van der Waals surface area contributed by atoms with Crippen molar-refractivity contribution in [2.24, 2.45) is 0 Å². The normalized spacial score (nSPS) is 11.2. The SMILES string of the molecule is Cc1cccc(NS(=O)(=O)c2ccc(C(=O)Nc3ccn(Cc4ccccn4)n3)cc2)c1C. The predicted octanol–water partition coefficient (Wildman–Crippen LogP) is 4.00. The van der Waals surface area contributed by atoms with Gasteiger partial charge in [-0.15, -0.1) is 0 Å². The molecular formula is C24H23N5O3S. The molecule has 0 aliphatic carbocycles. The topological polar surface area (TPSA) is 106 Å². The predicted molar refractivity (Wildman–Crippen MR) is 127 cm³/mol. The highest BCUT2D eigenvalue weighted by Gasteiger charge is 2.17. The molecule has 0 radical (unpaired) electrons. The largest absolute Gasteiger partial charge is 0.305 e. The monoisotopic (exact) mass is 461 g/mol. The van der Waals surface area contributed by atoms with Gasteiger partial charge in [-0.2, -0.15) is 5.10 Å². The molecule has 4 aromatic rings. The van der Waals surface area contributed by atoms with Gasteiger partial charge in [0.05, 0.1) is 22.8 Å². The van der Waals surface area contributed by atoms with Crippen molar-refractivity contribution in [3.63, 3.8) is 0 Å². The number of nitrogens with one attached hydrogen (secondary N) is 2. The molecule has 0 atom stereocenters. The van der Waals surface area contributed by atoms with Crippen molar-refractivity contribution in [2.45, 2.75) is 25.3 Å². The minimum absolute atomic E-state index is 0.0691. The molecule has 33 heavy (non-hydrogen) atoms. The highest BCUT2D eigenvalue weighted by molar-refractivity contribution is 7.92. The van der Waals surface area contributed by atoms with Crippen LogP contribution in [-0.4, -0.2) is 29.1 Å². The van der Waals surface area contributed by atoms with Crippen molar-refractivity contribution in [3.05, 3.63) is 102 Å². The van der Waals surface area contributed by atoms with E-state index in [2.05, 4.69) is 20.1 Å². The number of nitrogens with zero attached hydrogens (tertiary/aromatic N) is 3. The summed E-state index contributed by atoms with van der Waals surface area (Å²) in [5, 5.41) is 7.05. The van der Waals surface area contributed by atoms with Gasteiger partial charge in [0.15, 0.2) is 5.82 Å². The van der Waals surface area contributed by atoms with Gasteiger partial charge in [-0.3, -0.25) is 19.2 Å². The van der Waals surface area contributed by atoms with E-state index >= 15 is 0 Å². The molecule has 168 valence electrons. The van der Waals surface area contributed by atoms with Gasteiger partial charge in [-0.25, -0.2) is 8.42 Å². The Morgan fingerprint density at radius 2 is 1.76 bits per heavy atom. The maximum absolute atomic E-state index is 12.8. The first kappa shape index (κ1) is 22.2. The molecule has 0 fully saturated rings. The lowest BCUT2D eigenvalue weighted by Crippen LogP contribution is -2.15. The number of hydrogen-bond acceptors (Lipinski definition) is 5. The molecule has 2 N–H and O–H groups in total. The second kappa shape index (κ2) is 9.25. The Kier molecular flexibility index (Phi) is 6.23. The fraction of sp³-hybridized carbons (Fsp3) is 0.125. The van der Waals surface area contributed by atoms with Gasteiger partial charge in [0.2, 0.25) is 0 Å². The maximum atomic E-state index is 12.8. The van der Waals surface area contributed by atoms with E-state index in [0.717, 1.165) is 16.8 Å². The summed E-state index contributed by atoms with van der Waals surface area (Å²) in [6.07, 6.45) is 3.46. The molecule has 0 unspecified atom stereocenters. The molecule has 0 saturated carbocycles. The quantitative estimate of drug-likeness (QED) is 0.433. The Morgan fingerprint density at radius 1 is 0.970 bits per heavy atom. The summed E-state index contributed by atoms with van der Waals surface area (Å²) in [5.74, 6) is 0.00809. The Balaban J connectivity index is 1.42. The van der Waals surface area contributed by atoms with Crippen LogP contribution < -0.4 is 10.0 Å². The van der Waals surface area contributed by atoms with E-state index in [9.17, 15) is 13.2 Å². The maximum Gasteiger partial charge on any atom is 0.261 e. The van der Waals surface area contributed by atoms with E-state index in [4.69, 9.17) is 0 Å². The van der Waals surface area contributed by atoms with Gasteiger partial charge >= 0.3 is 0 Å². The van der Waals surface area contributed by atoms with Gasteiger partial charge in [0.25, 0.3) is 15.9 Å². The summed E-state index contributed by atoms with van der Waals surface area (Å²) in [6, 6.07) is 18.5. The second-order valence-corrected chi connectivity index (χ2v) is 9.23. The van der Waals surface area contributed by atoms with Gasteiger partial charge in [-0.1, -0.05) is 18.2 Å². The zero-order chi connectivity index (χ0) is 23.4. The van der Waals surface area contributed by atoms with Crippen LogP contribution in [0.5, 0.6) is 0 Å². The van der Waals surface area contributed by atoms with Crippen molar-refractivity contribution < 1.29 is 13.2 Å². The van der Waals surface area contributed by atoms with Crippen LogP contribution in [0.3, 0.4) is 0 Å². The number of amides is 1. The summed E-state index contributed by atoms with van der Waals surface area (Å²) >= 11 is 0. The van der Waals surface area contributed by atoms with E-state index < -0.39 is 10.0 Å². The van der Waals surface area contributed by atoms with E-state index in [1.807, 2.05) is 38.1 Å². The molecule has 0 aliphatic rings. The number of anilines is 2. The molecule has 0 bridgehead atoms. The molecule has 8 nitrogen and oxygen atoms in total. The molecule has 9 heteroatoms. The van der Waals surface area contributed by atoms with Crippen LogP contribution in [0, 0.1) is 13.8 Å².